The van der Waals surface area contributed by atoms with Crippen LogP contribution in [0, 0.1) is 0 Å². The second-order valence-electron chi connectivity index (χ2n) is 3.99. The molecule has 0 aliphatic heterocycles. The van der Waals surface area contributed by atoms with Crippen molar-refractivity contribution >= 4 is 11.8 Å². The van der Waals surface area contributed by atoms with Gasteiger partial charge < -0.3 is 10.2 Å². The molecule has 0 spiro atoms. The van der Waals surface area contributed by atoms with Gasteiger partial charge in [-0.05, 0) is 26.0 Å². The molecular weight excluding hydrogens is 240 g/mol. The summed E-state index contributed by atoms with van der Waals surface area (Å²) in [5.41, 5.74) is 0.944. The Morgan fingerprint density at radius 1 is 1.21 bits per heavy atom. The van der Waals surface area contributed by atoms with Crippen LogP contribution in [0.15, 0.2) is 30.6 Å². The zero-order valence-corrected chi connectivity index (χ0v) is 11.2. The van der Waals surface area contributed by atoms with Gasteiger partial charge in [0, 0.05) is 19.3 Å². The number of pyridine rings is 1. The summed E-state index contributed by atoms with van der Waals surface area (Å²) in [4.78, 5) is 10.8. The minimum absolute atomic E-state index is 0.523. The highest BCUT2D eigenvalue weighted by Crippen LogP contribution is 2.10. The van der Waals surface area contributed by atoms with Gasteiger partial charge in [-0.15, -0.1) is 5.10 Å². The van der Waals surface area contributed by atoms with Crippen molar-refractivity contribution in [3.8, 4) is 0 Å². The molecule has 0 aliphatic rings. The summed E-state index contributed by atoms with van der Waals surface area (Å²) >= 11 is 0. The molecule has 0 amide bonds. The highest BCUT2D eigenvalue weighted by Gasteiger charge is 2.06. The molecule has 100 valence electrons. The molecule has 6 heteroatoms. The number of nitrogens with zero attached hydrogens (tertiary/aromatic N) is 5. The Labute approximate surface area is 112 Å². The molecule has 1 N–H and O–H groups in total. The minimum Gasteiger partial charge on any atom is -0.356 e. The highest BCUT2D eigenvalue weighted by molar-refractivity contribution is 5.39. The van der Waals surface area contributed by atoms with Crippen molar-refractivity contribution in [2.24, 2.45) is 0 Å². The van der Waals surface area contributed by atoms with Gasteiger partial charge in [-0.3, -0.25) is 4.98 Å². The average Bonchev–Trinajstić information content (AvgIpc) is 2.48. The monoisotopic (exact) mass is 258 g/mol. The first kappa shape index (κ1) is 13.2. The molecule has 0 bridgehead atoms. The molecule has 0 aliphatic carbocycles. The third-order valence-corrected chi connectivity index (χ3v) is 2.79. The fourth-order valence-corrected chi connectivity index (χ4v) is 1.74. The van der Waals surface area contributed by atoms with Crippen molar-refractivity contribution in [1.82, 2.24) is 20.2 Å². The SMILES string of the molecule is CCN(CC)c1cnnc(NCc2ccccn2)n1. The first-order chi connectivity index (χ1) is 9.33. The van der Waals surface area contributed by atoms with E-state index in [-0.39, 0.29) is 0 Å². The van der Waals surface area contributed by atoms with Crippen molar-refractivity contribution in [3.63, 3.8) is 0 Å². The Balaban J connectivity index is 2.03. The molecule has 0 unspecified atom stereocenters. The predicted octanol–water partition coefficient (Wildman–Crippen LogP) is 1.72. The Morgan fingerprint density at radius 3 is 2.74 bits per heavy atom. The van der Waals surface area contributed by atoms with Gasteiger partial charge in [0.1, 0.15) is 0 Å². The molecule has 0 radical (unpaired) electrons. The zero-order valence-electron chi connectivity index (χ0n) is 11.2. The van der Waals surface area contributed by atoms with E-state index in [0.717, 1.165) is 24.6 Å². The first-order valence-corrected chi connectivity index (χ1v) is 6.42. The molecule has 2 rings (SSSR count). The summed E-state index contributed by atoms with van der Waals surface area (Å²) < 4.78 is 0. The maximum absolute atomic E-state index is 4.44. The van der Waals surface area contributed by atoms with Crippen LogP contribution in [0.2, 0.25) is 0 Å². The van der Waals surface area contributed by atoms with Gasteiger partial charge in [0.25, 0.3) is 0 Å². The second kappa shape index (κ2) is 6.63. The predicted molar refractivity (Wildman–Crippen MR) is 75.0 cm³/mol. The fraction of sp³-hybridized carbons (Fsp3) is 0.385. The van der Waals surface area contributed by atoms with Gasteiger partial charge in [-0.2, -0.15) is 10.1 Å². The lowest BCUT2D eigenvalue weighted by molar-refractivity contribution is 0.821. The number of hydrogen-bond acceptors (Lipinski definition) is 6. The molecular formula is C13H18N6. The van der Waals surface area contributed by atoms with E-state index < -0.39 is 0 Å². The number of hydrogen-bond donors (Lipinski definition) is 1. The van der Waals surface area contributed by atoms with Gasteiger partial charge in [0.05, 0.1) is 18.4 Å². The molecule has 0 atom stereocenters. The smallest absolute Gasteiger partial charge is 0.245 e. The summed E-state index contributed by atoms with van der Waals surface area (Å²) in [6.07, 6.45) is 3.45. The molecule has 0 aromatic carbocycles. The van der Waals surface area contributed by atoms with Crippen molar-refractivity contribution in [2.45, 2.75) is 20.4 Å². The van der Waals surface area contributed by atoms with Crippen LogP contribution in [0.3, 0.4) is 0 Å². The third-order valence-electron chi connectivity index (χ3n) is 2.79. The molecule has 19 heavy (non-hydrogen) atoms. The van der Waals surface area contributed by atoms with Gasteiger partial charge in [0.2, 0.25) is 5.95 Å². The van der Waals surface area contributed by atoms with Crippen LogP contribution in [-0.2, 0) is 6.54 Å². The summed E-state index contributed by atoms with van der Waals surface area (Å²) in [5.74, 6) is 1.36. The van der Waals surface area contributed by atoms with Crippen molar-refractivity contribution < 1.29 is 0 Å². The summed E-state index contributed by atoms with van der Waals surface area (Å²) in [5, 5.41) is 11.1. The first-order valence-electron chi connectivity index (χ1n) is 6.42. The Hall–Kier alpha value is -2.24. The highest BCUT2D eigenvalue weighted by atomic mass is 15.3. The van der Waals surface area contributed by atoms with Crippen LogP contribution in [-0.4, -0.2) is 33.3 Å². The standard InChI is InChI=1S/C13H18N6/c1-3-19(4-2)12-10-16-18-13(17-12)15-9-11-7-5-6-8-14-11/h5-8,10H,3-4,9H2,1-2H3,(H,15,17,18). The Kier molecular flexibility index (Phi) is 4.60. The van der Waals surface area contributed by atoms with Gasteiger partial charge in [0.15, 0.2) is 5.82 Å². The van der Waals surface area contributed by atoms with E-state index >= 15 is 0 Å². The summed E-state index contributed by atoms with van der Waals surface area (Å²) in [6, 6.07) is 5.80. The van der Waals surface area contributed by atoms with Gasteiger partial charge in [-0.1, -0.05) is 6.07 Å². The number of aromatic nitrogens is 4. The normalized spacial score (nSPS) is 10.2. The van der Waals surface area contributed by atoms with E-state index in [1.165, 1.54) is 0 Å². The lowest BCUT2D eigenvalue weighted by Gasteiger charge is -2.19. The number of nitrogens with one attached hydrogen (secondary N) is 1. The van der Waals surface area contributed by atoms with Crippen LogP contribution in [0.25, 0.3) is 0 Å². The largest absolute Gasteiger partial charge is 0.356 e. The van der Waals surface area contributed by atoms with Crippen molar-refractivity contribution in [3.05, 3.63) is 36.3 Å². The van der Waals surface area contributed by atoms with Crippen LogP contribution >= 0.6 is 0 Å². The topological polar surface area (TPSA) is 66.8 Å². The molecule has 0 fully saturated rings. The molecule has 2 aromatic heterocycles. The van der Waals surface area contributed by atoms with E-state index in [1.54, 1.807) is 12.4 Å². The molecule has 6 nitrogen and oxygen atoms in total. The number of rotatable bonds is 6. The number of anilines is 2. The molecule has 2 heterocycles. The van der Waals surface area contributed by atoms with E-state index in [4.69, 9.17) is 0 Å². The van der Waals surface area contributed by atoms with Gasteiger partial charge >= 0.3 is 0 Å². The van der Waals surface area contributed by atoms with E-state index in [2.05, 4.69) is 44.2 Å². The Morgan fingerprint density at radius 2 is 2.05 bits per heavy atom. The minimum atomic E-state index is 0.523. The van der Waals surface area contributed by atoms with Crippen LogP contribution in [0.1, 0.15) is 19.5 Å². The maximum Gasteiger partial charge on any atom is 0.245 e. The van der Waals surface area contributed by atoms with Crippen molar-refractivity contribution in [1.29, 1.82) is 0 Å². The summed E-state index contributed by atoms with van der Waals surface area (Å²) in [6.45, 7) is 6.56. The zero-order chi connectivity index (χ0) is 13.5. The molecule has 0 saturated heterocycles. The fourth-order valence-electron chi connectivity index (χ4n) is 1.74. The Bertz CT molecular complexity index is 497. The summed E-state index contributed by atoms with van der Waals surface area (Å²) in [7, 11) is 0. The lowest BCUT2D eigenvalue weighted by Crippen LogP contribution is -2.23. The van der Waals surface area contributed by atoms with E-state index in [9.17, 15) is 0 Å². The van der Waals surface area contributed by atoms with E-state index in [1.807, 2.05) is 18.2 Å². The van der Waals surface area contributed by atoms with Gasteiger partial charge in [-0.25, -0.2) is 0 Å². The van der Waals surface area contributed by atoms with Crippen molar-refractivity contribution in [2.75, 3.05) is 23.3 Å². The second-order valence-corrected chi connectivity index (χ2v) is 3.99. The van der Waals surface area contributed by atoms with Crippen LogP contribution < -0.4 is 10.2 Å². The maximum atomic E-state index is 4.44. The van der Waals surface area contributed by atoms with Crippen LogP contribution in [0.4, 0.5) is 11.8 Å². The van der Waals surface area contributed by atoms with Crippen LogP contribution in [0.5, 0.6) is 0 Å². The quantitative estimate of drug-likeness (QED) is 0.851. The lowest BCUT2D eigenvalue weighted by atomic mass is 10.3. The third kappa shape index (κ3) is 3.61. The molecule has 2 aromatic rings. The van der Waals surface area contributed by atoms with E-state index in [0.29, 0.717) is 12.5 Å². The average molecular weight is 258 g/mol. The molecule has 0 saturated carbocycles.